The van der Waals surface area contributed by atoms with E-state index in [2.05, 4.69) is 10.6 Å². The molecular weight excluding hydrogens is 268 g/mol. The van der Waals surface area contributed by atoms with Gasteiger partial charge in [-0.15, -0.1) is 11.3 Å². The second-order valence-electron chi connectivity index (χ2n) is 4.38. The van der Waals surface area contributed by atoms with E-state index in [1.165, 1.54) is 13.0 Å². The van der Waals surface area contributed by atoms with Crippen molar-refractivity contribution < 1.29 is 19.5 Å². The van der Waals surface area contributed by atoms with E-state index in [0.717, 1.165) is 11.3 Å². The highest BCUT2D eigenvalue weighted by Crippen LogP contribution is 2.23. The molecule has 0 aliphatic rings. The Bertz CT molecular complexity index is 496. The zero-order valence-corrected chi connectivity index (χ0v) is 11.7. The molecular formula is C12H16N2O4S. The lowest BCUT2D eigenvalue weighted by molar-refractivity contribution is -0.126. The minimum atomic E-state index is -1.10. The van der Waals surface area contributed by atoms with Crippen molar-refractivity contribution in [2.45, 2.75) is 26.8 Å². The van der Waals surface area contributed by atoms with Crippen molar-refractivity contribution in [2.24, 2.45) is 5.92 Å². The summed E-state index contributed by atoms with van der Waals surface area (Å²) in [4.78, 5) is 34.0. The summed E-state index contributed by atoms with van der Waals surface area (Å²) in [5.74, 6) is -1.93. The Balaban J connectivity index is 2.84. The highest BCUT2D eigenvalue weighted by molar-refractivity contribution is 7.14. The first-order chi connectivity index (χ1) is 8.82. The maximum atomic E-state index is 12.1. The quantitative estimate of drug-likeness (QED) is 0.764. The largest absolute Gasteiger partial charge is 0.478 e. The van der Waals surface area contributed by atoms with Crippen LogP contribution in [0, 0.1) is 5.92 Å². The van der Waals surface area contributed by atoms with Crippen molar-refractivity contribution in [1.29, 1.82) is 0 Å². The van der Waals surface area contributed by atoms with Gasteiger partial charge in [-0.2, -0.15) is 0 Å². The number of nitrogens with one attached hydrogen (secondary N) is 2. The van der Waals surface area contributed by atoms with E-state index in [4.69, 9.17) is 5.11 Å². The predicted molar refractivity (Wildman–Crippen MR) is 72.4 cm³/mol. The van der Waals surface area contributed by atoms with Crippen LogP contribution < -0.4 is 10.6 Å². The van der Waals surface area contributed by atoms with Gasteiger partial charge in [0.15, 0.2) is 0 Å². The minimum Gasteiger partial charge on any atom is -0.478 e. The summed E-state index contributed by atoms with van der Waals surface area (Å²) in [5.41, 5.74) is 0.0451. The first kappa shape index (κ1) is 15.2. The molecule has 0 fully saturated rings. The van der Waals surface area contributed by atoms with Gasteiger partial charge in [0.2, 0.25) is 11.8 Å². The van der Waals surface area contributed by atoms with E-state index in [1.54, 1.807) is 19.2 Å². The van der Waals surface area contributed by atoms with Crippen LogP contribution in [0.4, 0.5) is 5.00 Å². The molecule has 7 heteroatoms. The number of hydrogen-bond acceptors (Lipinski definition) is 4. The number of rotatable bonds is 5. The van der Waals surface area contributed by atoms with Crippen LogP contribution in [0.3, 0.4) is 0 Å². The molecule has 1 heterocycles. The molecule has 19 heavy (non-hydrogen) atoms. The Morgan fingerprint density at radius 1 is 1.32 bits per heavy atom. The number of carbonyl (C=O) groups excluding carboxylic acids is 2. The molecule has 0 aromatic carbocycles. The molecule has 0 saturated heterocycles. The molecule has 0 spiro atoms. The second-order valence-corrected chi connectivity index (χ2v) is 5.30. The number of amides is 2. The third kappa shape index (κ3) is 4.06. The molecule has 3 N–H and O–H groups in total. The van der Waals surface area contributed by atoms with Crippen molar-refractivity contribution in [3.63, 3.8) is 0 Å². The lowest BCUT2D eigenvalue weighted by Gasteiger charge is -2.20. The zero-order valence-electron chi connectivity index (χ0n) is 10.9. The van der Waals surface area contributed by atoms with Crippen LogP contribution in [0.15, 0.2) is 11.4 Å². The van der Waals surface area contributed by atoms with Crippen molar-refractivity contribution in [3.05, 3.63) is 17.0 Å². The second kappa shape index (κ2) is 6.33. The van der Waals surface area contributed by atoms with Crippen LogP contribution in [0.1, 0.15) is 31.1 Å². The van der Waals surface area contributed by atoms with E-state index < -0.39 is 17.9 Å². The summed E-state index contributed by atoms with van der Waals surface area (Å²) in [6, 6.07) is 0.729. The first-order valence-corrected chi connectivity index (χ1v) is 6.59. The van der Waals surface area contributed by atoms with Gasteiger partial charge in [0.05, 0.1) is 5.56 Å². The smallest absolute Gasteiger partial charge is 0.338 e. The fraction of sp³-hybridized carbons (Fsp3) is 0.417. The van der Waals surface area contributed by atoms with E-state index in [0.29, 0.717) is 0 Å². The topological polar surface area (TPSA) is 95.5 Å². The molecule has 1 atom stereocenters. The third-order valence-electron chi connectivity index (χ3n) is 2.44. The monoisotopic (exact) mass is 284 g/mol. The van der Waals surface area contributed by atoms with Gasteiger partial charge in [0, 0.05) is 6.92 Å². The Morgan fingerprint density at radius 2 is 1.95 bits per heavy atom. The standard InChI is InChI=1S/C12H16N2O4S/c1-6(2)9(13-7(3)15)10(16)14-11-8(12(17)18)4-5-19-11/h4-6,9H,1-3H3,(H,13,15)(H,14,16)(H,17,18). The van der Waals surface area contributed by atoms with E-state index >= 15 is 0 Å². The number of carboxylic acid groups (broad SMARTS) is 1. The van der Waals surface area contributed by atoms with Crippen molar-refractivity contribution in [3.8, 4) is 0 Å². The molecule has 2 amide bonds. The number of anilines is 1. The number of thiophene rings is 1. The van der Waals surface area contributed by atoms with Crippen LogP contribution in [-0.4, -0.2) is 28.9 Å². The molecule has 1 aromatic heterocycles. The average Bonchev–Trinajstić information content (AvgIpc) is 2.73. The van der Waals surface area contributed by atoms with Crippen LogP contribution in [-0.2, 0) is 9.59 Å². The zero-order chi connectivity index (χ0) is 14.6. The summed E-state index contributed by atoms with van der Waals surface area (Å²) < 4.78 is 0. The van der Waals surface area contributed by atoms with Crippen LogP contribution in [0.5, 0.6) is 0 Å². The van der Waals surface area contributed by atoms with Crippen LogP contribution in [0.25, 0.3) is 0 Å². The maximum Gasteiger partial charge on any atom is 0.338 e. The van der Waals surface area contributed by atoms with Crippen LogP contribution in [0.2, 0.25) is 0 Å². The Kier molecular flexibility index (Phi) is 5.05. The number of carboxylic acids is 1. The SMILES string of the molecule is CC(=O)NC(C(=O)Nc1sccc1C(=O)O)C(C)C. The van der Waals surface area contributed by atoms with Gasteiger partial charge in [-0.05, 0) is 17.4 Å². The molecule has 6 nitrogen and oxygen atoms in total. The molecule has 1 unspecified atom stereocenters. The highest BCUT2D eigenvalue weighted by atomic mass is 32.1. The average molecular weight is 284 g/mol. The normalized spacial score (nSPS) is 12.0. The van der Waals surface area contributed by atoms with Gasteiger partial charge in [0.25, 0.3) is 0 Å². The lowest BCUT2D eigenvalue weighted by atomic mass is 10.0. The van der Waals surface area contributed by atoms with E-state index in [-0.39, 0.29) is 22.4 Å². The Hall–Kier alpha value is -1.89. The van der Waals surface area contributed by atoms with E-state index in [9.17, 15) is 14.4 Å². The molecule has 0 saturated carbocycles. The molecule has 0 aliphatic heterocycles. The Morgan fingerprint density at radius 3 is 2.42 bits per heavy atom. The molecule has 0 bridgehead atoms. The van der Waals surface area contributed by atoms with Gasteiger partial charge >= 0.3 is 5.97 Å². The summed E-state index contributed by atoms with van der Waals surface area (Å²) in [6.07, 6.45) is 0. The molecule has 104 valence electrons. The van der Waals surface area contributed by atoms with Gasteiger partial charge in [-0.3, -0.25) is 9.59 Å². The molecule has 1 aromatic rings. The van der Waals surface area contributed by atoms with Crippen LogP contribution >= 0.6 is 11.3 Å². The predicted octanol–water partition coefficient (Wildman–Crippen LogP) is 1.55. The summed E-state index contributed by atoms with van der Waals surface area (Å²) >= 11 is 1.13. The van der Waals surface area contributed by atoms with Crippen molar-refractivity contribution >= 4 is 34.1 Å². The van der Waals surface area contributed by atoms with E-state index in [1.807, 2.05) is 0 Å². The van der Waals surface area contributed by atoms with Gasteiger partial charge in [-0.25, -0.2) is 4.79 Å². The highest BCUT2D eigenvalue weighted by Gasteiger charge is 2.24. The number of carbonyl (C=O) groups is 3. The molecule has 0 radical (unpaired) electrons. The summed E-state index contributed by atoms with van der Waals surface area (Å²) in [6.45, 7) is 4.93. The Labute approximate surface area is 114 Å². The lowest BCUT2D eigenvalue weighted by Crippen LogP contribution is -2.46. The van der Waals surface area contributed by atoms with Gasteiger partial charge in [-0.1, -0.05) is 13.8 Å². The van der Waals surface area contributed by atoms with Crippen molar-refractivity contribution in [2.75, 3.05) is 5.32 Å². The fourth-order valence-electron chi connectivity index (χ4n) is 1.52. The minimum absolute atomic E-state index is 0.0451. The maximum absolute atomic E-state index is 12.1. The number of aromatic carboxylic acids is 1. The third-order valence-corrected chi connectivity index (χ3v) is 3.27. The summed E-state index contributed by atoms with van der Waals surface area (Å²) in [7, 11) is 0. The fourth-order valence-corrected chi connectivity index (χ4v) is 2.30. The number of hydrogen-bond donors (Lipinski definition) is 3. The summed E-state index contributed by atoms with van der Waals surface area (Å²) in [5, 5.41) is 15.9. The molecule has 0 aliphatic carbocycles. The van der Waals surface area contributed by atoms with Crippen molar-refractivity contribution in [1.82, 2.24) is 5.32 Å². The van der Waals surface area contributed by atoms with Gasteiger partial charge in [0.1, 0.15) is 11.0 Å². The molecule has 1 rings (SSSR count). The van der Waals surface area contributed by atoms with Gasteiger partial charge < -0.3 is 15.7 Å². The first-order valence-electron chi connectivity index (χ1n) is 5.71.